The predicted octanol–water partition coefficient (Wildman–Crippen LogP) is 4.57. The van der Waals surface area contributed by atoms with Crippen LogP contribution in [0.2, 0.25) is 0 Å². The molecule has 2 aromatic heterocycles. The molecule has 1 fully saturated rings. The SMILES string of the molecule is CCN(CC)c1cc(C(C)C)nc(SCc2ccc(C(=O)N3CCCC3)o2)n1. The molecule has 1 amide bonds. The van der Waals surface area contributed by atoms with Crippen molar-refractivity contribution in [3.8, 4) is 0 Å². The lowest BCUT2D eigenvalue weighted by molar-refractivity contribution is 0.0760. The molecule has 0 N–H and O–H groups in total. The van der Waals surface area contributed by atoms with Gasteiger partial charge >= 0.3 is 0 Å². The van der Waals surface area contributed by atoms with Crippen LogP contribution in [0.4, 0.5) is 5.82 Å². The van der Waals surface area contributed by atoms with E-state index >= 15 is 0 Å². The molecule has 2 aromatic rings. The number of thioether (sulfide) groups is 1. The van der Waals surface area contributed by atoms with E-state index in [4.69, 9.17) is 14.4 Å². The van der Waals surface area contributed by atoms with Crippen molar-refractivity contribution >= 4 is 23.5 Å². The number of anilines is 1. The van der Waals surface area contributed by atoms with E-state index in [2.05, 4.69) is 38.7 Å². The Morgan fingerprint density at radius 1 is 1.21 bits per heavy atom. The van der Waals surface area contributed by atoms with Gasteiger partial charge in [-0.2, -0.15) is 0 Å². The summed E-state index contributed by atoms with van der Waals surface area (Å²) in [6.07, 6.45) is 2.15. The van der Waals surface area contributed by atoms with Crippen LogP contribution in [0.1, 0.15) is 68.5 Å². The molecule has 1 aliphatic heterocycles. The summed E-state index contributed by atoms with van der Waals surface area (Å²) >= 11 is 1.55. The maximum absolute atomic E-state index is 12.4. The van der Waals surface area contributed by atoms with E-state index in [1.165, 1.54) is 0 Å². The van der Waals surface area contributed by atoms with E-state index in [1.807, 2.05) is 11.0 Å². The average molecular weight is 403 g/mol. The lowest BCUT2D eigenvalue weighted by Gasteiger charge is -2.21. The number of carbonyl (C=O) groups excluding carboxylic acids is 1. The van der Waals surface area contributed by atoms with Gasteiger partial charge in [-0.3, -0.25) is 4.79 Å². The third-order valence-electron chi connectivity index (χ3n) is 5.00. The second-order valence-electron chi connectivity index (χ2n) is 7.31. The van der Waals surface area contributed by atoms with E-state index in [-0.39, 0.29) is 5.91 Å². The molecule has 152 valence electrons. The van der Waals surface area contributed by atoms with Crippen LogP contribution in [0.3, 0.4) is 0 Å². The van der Waals surface area contributed by atoms with Crippen LogP contribution in [-0.4, -0.2) is 47.0 Å². The van der Waals surface area contributed by atoms with Crippen LogP contribution in [-0.2, 0) is 5.75 Å². The summed E-state index contributed by atoms with van der Waals surface area (Å²) < 4.78 is 5.80. The number of amides is 1. The van der Waals surface area contributed by atoms with Crippen LogP contribution in [0.25, 0.3) is 0 Å². The second-order valence-corrected chi connectivity index (χ2v) is 8.26. The smallest absolute Gasteiger partial charge is 0.289 e. The number of hydrogen-bond donors (Lipinski definition) is 0. The van der Waals surface area contributed by atoms with Gasteiger partial charge in [-0.05, 0) is 44.7 Å². The first-order valence-electron chi connectivity index (χ1n) is 10.2. The van der Waals surface area contributed by atoms with Gasteiger partial charge in [0.1, 0.15) is 11.6 Å². The molecule has 0 aliphatic carbocycles. The lowest BCUT2D eigenvalue weighted by atomic mass is 10.1. The monoisotopic (exact) mass is 402 g/mol. The zero-order chi connectivity index (χ0) is 20.1. The summed E-state index contributed by atoms with van der Waals surface area (Å²) in [5.41, 5.74) is 1.05. The van der Waals surface area contributed by atoms with Gasteiger partial charge in [-0.25, -0.2) is 9.97 Å². The van der Waals surface area contributed by atoms with Gasteiger partial charge in [0.15, 0.2) is 10.9 Å². The number of furan rings is 1. The number of carbonyl (C=O) groups is 1. The highest BCUT2D eigenvalue weighted by molar-refractivity contribution is 7.98. The zero-order valence-electron chi connectivity index (χ0n) is 17.3. The van der Waals surface area contributed by atoms with E-state index < -0.39 is 0 Å². The summed E-state index contributed by atoms with van der Waals surface area (Å²) in [5.74, 6) is 3.11. The number of aromatic nitrogens is 2. The van der Waals surface area contributed by atoms with Gasteiger partial charge in [0.05, 0.1) is 5.75 Å². The Labute approximate surface area is 171 Å². The number of hydrogen-bond acceptors (Lipinski definition) is 6. The van der Waals surface area contributed by atoms with Gasteiger partial charge in [0.2, 0.25) is 0 Å². The molecular formula is C21H30N4O2S. The second kappa shape index (κ2) is 9.45. The van der Waals surface area contributed by atoms with Gasteiger partial charge in [-0.15, -0.1) is 0 Å². The van der Waals surface area contributed by atoms with Gasteiger partial charge in [0.25, 0.3) is 5.91 Å². The molecule has 3 rings (SSSR count). The van der Waals surface area contributed by atoms with Gasteiger partial charge in [0, 0.05) is 37.9 Å². The number of nitrogens with zero attached hydrogens (tertiary/aromatic N) is 4. The molecule has 0 aromatic carbocycles. The molecule has 0 radical (unpaired) electrons. The molecular weight excluding hydrogens is 372 g/mol. The van der Waals surface area contributed by atoms with Crippen LogP contribution in [0.15, 0.2) is 27.8 Å². The Hall–Kier alpha value is -2.02. The molecule has 28 heavy (non-hydrogen) atoms. The summed E-state index contributed by atoms with van der Waals surface area (Å²) in [4.78, 5) is 26.0. The molecule has 6 nitrogen and oxygen atoms in total. The van der Waals surface area contributed by atoms with Crippen molar-refractivity contribution < 1.29 is 9.21 Å². The number of likely N-dealkylation sites (tertiary alicyclic amines) is 1. The van der Waals surface area contributed by atoms with Gasteiger partial charge in [-0.1, -0.05) is 25.6 Å². The minimum absolute atomic E-state index is 0.00405. The molecule has 3 heterocycles. The zero-order valence-corrected chi connectivity index (χ0v) is 18.1. The first kappa shape index (κ1) is 20.7. The van der Waals surface area contributed by atoms with Crippen molar-refractivity contribution in [1.29, 1.82) is 0 Å². The minimum Gasteiger partial charge on any atom is -0.455 e. The van der Waals surface area contributed by atoms with Crippen LogP contribution < -0.4 is 4.90 Å². The summed E-state index contributed by atoms with van der Waals surface area (Å²) in [6.45, 7) is 12.0. The Morgan fingerprint density at radius 3 is 2.57 bits per heavy atom. The maximum atomic E-state index is 12.4. The molecule has 0 spiro atoms. The van der Waals surface area contributed by atoms with Crippen molar-refractivity contribution in [3.63, 3.8) is 0 Å². The highest BCUT2D eigenvalue weighted by atomic mass is 32.2. The van der Waals surface area contributed by atoms with Crippen molar-refractivity contribution in [2.75, 3.05) is 31.1 Å². The fraction of sp³-hybridized carbons (Fsp3) is 0.571. The summed E-state index contributed by atoms with van der Waals surface area (Å²) in [7, 11) is 0. The van der Waals surface area contributed by atoms with Crippen molar-refractivity contribution in [1.82, 2.24) is 14.9 Å². The topological polar surface area (TPSA) is 62.5 Å². The van der Waals surface area contributed by atoms with Crippen LogP contribution in [0, 0.1) is 0 Å². The highest BCUT2D eigenvalue weighted by Crippen LogP contribution is 2.26. The maximum Gasteiger partial charge on any atom is 0.289 e. The average Bonchev–Trinajstić information content (AvgIpc) is 3.39. The third-order valence-corrected chi connectivity index (χ3v) is 5.87. The molecule has 1 saturated heterocycles. The van der Waals surface area contributed by atoms with E-state index in [9.17, 15) is 4.79 Å². The summed E-state index contributed by atoms with van der Waals surface area (Å²) in [5, 5.41) is 0.747. The highest BCUT2D eigenvalue weighted by Gasteiger charge is 2.22. The van der Waals surface area contributed by atoms with Gasteiger partial charge < -0.3 is 14.2 Å². The Bertz CT molecular complexity index is 795. The normalized spacial score (nSPS) is 14.1. The molecule has 0 atom stereocenters. The minimum atomic E-state index is -0.00405. The van der Waals surface area contributed by atoms with Crippen LogP contribution in [0.5, 0.6) is 0 Å². The van der Waals surface area contributed by atoms with Crippen molar-refractivity contribution in [2.24, 2.45) is 0 Å². The lowest BCUT2D eigenvalue weighted by Crippen LogP contribution is -2.27. The fourth-order valence-corrected chi connectivity index (χ4v) is 4.04. The Kier molecular flexibility index (Phi) is 6.99. The van der Waals surface area contributed by atoms with E-state index in [1.54, 1.807) is 17.8 Å². The third kappa shape index (κ3) is 4.87. The Balaban J connectivity index is 1.70. The Morgan fingerprint density at radius 2 is 1.93 bits per heavy atom. The molecule has 0 bridgehead atoms. The quantitative estimate of drug-likeness (QED) is 0.476. The fourth-order valence-electron chi connectivity index (χ4n) is 3.28. The van der Waals surface area contributed by atoms with E-state index in [0.29, 0.717) is 17.4 Å². The van der Waals surface area contributed by atoms with E-state index in [0.717, 1.165) is 61.4 Å². The standard InChI is InChI=1S/C21H30N4O2S/c1-5-24(6-2)19-13-17(15(3)4)22-21(23-19)28-14-16-9-10-18(27-16)20(26)25-11-7-8-12-25/h9-10,13,15H,5-8,11-12,14H2,1-4H3. The van der Waals surface area contributed by atoms with Crippen LogP contribution >= 0.6 is 11.8 Å². The molecule has 0 saturated carbocycles. The van der Waals surface area contributed by atoms with Crippen molar-refractivity contribution in [3.05, 3.63) is 35.4 Å². The predicted molar refractivity (Wildman–Crippen MR) is 113 cm³/mol. The molecule has 1 aliphatic rings. The largest absolute Gasteiger partial charge is 0.455 e. The summed E-state index contributed by atoms with van der Waals surface area (Å²) in [6, 6.07) is 5.75. The first-order valence-corrected chi connectivity index (χ1v) is 11.1. The first-order chi connectivity index (χ1) is 13.5. The number of rotatable bonds is 8. The molecule has 7 heteroatoms. The molecule has 0 unspecified atom stereocenters. The van der Waals surface area contributed by atoms with Crippen molar-refractivity contribution in [2.45, 2.75) is 57.4 Å².